The van der Waals surface area contributed by atoms with E-state index in [0.29, 0.717) is 12.4 Å². The number of amides is 1. The SMILES string of the molecule is O=C(COc1ccc(-n2cnnn2)cc1)N[C@@H]1CO[C@H]2[C@@H]1OC[C@H]2O. The number of rotatable bonds is 5. The summed E-state index contributed by atoms with van der Waals surface area (Å²) in [5, 5.41) is 23.4. The minimum absolute atomic E-state index is 0.124. The van der Waals surface area contributed by atoms with Crippen LogP contribution in [0.15, 0.2) is 30.6 Å². The normalized spacial score (nSPS) is 27.9. The Labute approximate surface area is 142 Å². The maximum atomic E-state index is 12.1. The molecule has 0 spiro atoms. The minimum atomic E-state index is -0.637. The van der Waals surface area contributed by atoms with Gasteiger partial charge in [0.15, 0.2) is 6.61 Å². The predicted octanol–water partition coefficient (Wildman–Crippen LogP) is -1.32. The number of aliphatic hydroxyl groups is 1. The molecule has 0 saturated carbocycles. The molecular weight excluding hydrogens is 330 g/mol. The standard InChI is InChI=1S/C15H17N5O5/c21-12-6-25-14-11(5-24-15(12)14)17-13(22)7-23-10-3-1-9(2-4-10)20-8-16-18-19-20/h1-4,8,11-12,14-15,21H,5-7H2,(H,17,22)/t11-,12-,14-,15-/m1/s1. The maximum Gasteiger partial charge on any atom is 0.258 e. The fraction of sp³-hybridized carbons (Fsp3) is 0.467. The summed E-state index contributed by atoms with van der Waals surface area (Å²) in [4.78, 5) is 12.1. The molecular formula is C15H17N5O5. The van der Waals surface area contributed by atoms with Crippen LogP contribution in [0.25, 0.3) is 5.69 Å². The van der Waals surface area contributed by atoms with Gasteiger partial charge in [-0.2, -0.15) is 0 Å². The third-order valence-electron chi connectivity index (χ3n) is 4.19. The van der Waals surface area contributed by atoms with Crippen LogP contribution in [0.2, 0.25) is 0 Å². The Morgan fingerprint density at radius 2 is 2.08 bits per heavy atom. The number of hydrogen-bond donors (Lipinski definition) is 2. The van der Waals surface area contributed by atoms with Gasteiger partial charge in [-0.25, -0.2) is 4.68 Å². The number of carbonyl (C=O) groups is 1. The Morgan fingerprint density at radius 1 is 1.28 bits per heavy atom. The summed E-state index contributed by atoms with van der Waals surface area (Å²) in [6.07, 6.45) is 0.170. The van der Waals surface area contributed by atoms with E-state index < -0.39 is 6.10 Å². The van der Waals surface area contributed by atoms with Gasteiger partial charge in [0.2, 0.25) is 0 Å². The highest BCUT2D eigenvalue weighted by molar-refractivity contribution is 5.78. The van der Waals surface area contributed by atoms with Crippen LogP contribution in [-0.2, 0) is 14.3 Å². The molecule has 2 fully saturated rings. The summed E-state index contributed by atoms with van der Waals surface area (Å²) in [7, 11) is 0. The number of tetrazole rings is 1. The Balaban J connectivity index is 1.28. The summed E-state index contributed by atoms with van der Waals surface area (Å²) < 4.78 is 17.9. The molecule has 2 aliphatic heterocycles. The third-order valence-corrected chi connectivity index (χ3v) is 4.19. The van der Waals surface area contributed by atoms with Gasteiger partial charge in [-0.3, -0.25) is 4.79 Å². The van der Waals surface area contributed by atoms with E-state index in [1.165, 1.54) is 11.0 Å². The molecule has 0 bridgehead atoms. The van der Waals surface area contributed by atoms with E-state index >= 15 is 0 Å². The lowest BCUT2D eigenvalue weighted by Crippen LogP contribution is -2.45. The van der Waals surface area contributed by atoms with Gasteiger partial charge in [0.05, 0.1) is 24.9 Å². The van der Waals surface area contributed by atoms with Crippen molar-refractivity contribution in [2.45, 2.75) is 24.4 Å². The summed E-state index contributed by atoms with van der Waals surface area (Å²) in [5.74, 6) is 0.281. The van der Waals surface area contributed by atoms with Crippen LogP contribution in [-0.4, -0.2) is 75.4 Å². The van der Waals surface area contributed by atoms with Crippen LogP contribution in [0.5, 0.6) is 5.75 Å². The molecule has 1 aromatic heterocycles. The van der Waals surface area contributed by atoms with Gasteiger partial charge in [0, 0.05) is 0 Å². The average Bonchev–Trinajstić information content (AvgIpc) is 3.35. The molecule has 2 N–H and O–H groups in total. The lowest BCUT2D eigenvalue weighted by atomic mass is 10.1. The molecule has 10 heteroatoms. The van der Waals surface area contributed by atoms with E-state index in [0.717, 1.165) is 5.69 Å². The van der Waals surface area contributed by atoms with Gasteiger partial charge in [-0.15, -0.1) is 5.10 Å². The van der Waals surface area contributed by atoms with Crippen molar-refractivity contribution in [1.82, 2.24) is 25.5 Å². The molecule has 1 aromatic carbocycles. The minimum Gasteiger partial charge on any atom is -0.484 e. The zero-order valence-electron chi connectivity index (χ0n) is 13.2. The zero-order chi connectivity index (χ0) is 17.2. The van der Waals surface area contributed by atoms with Crippen molar-refractivity contribution in [3.63, 3.8) is 0 Å². The van der Waals surface area contributed by atoms with Gasteiger partial charge < -0.3 is 24.6 Å². The summed E-state index contributed by atoms with van der Waals surface area (Å²) in [5.41, 5.74) is 0.785. The van der Waals surface area contributed by atoms with E-state index in [1.54, 1.807) is 24.3 Å². The molecule has 3 heterocycles. The fourth-order valence-electron chi connectivity index (χ4n) is 2.97. The van der Waals surface area contributed by atoms with E-state index in [9.17, 15) is 9.90 Å². The third kappa shape index (κ3) is 3.31. The van der Waals surface area contributed by atoms with Crippen LogP contribution in [0.1, 0.15) is 0 Å². The molecule has 1 amide bonds. The number of carbonyl (C=O) groups excluding carboxylic acids is 1. The molecule has 25 heavy (non-hydrogen) atoms. The largest absolute Gasteiger partial charge is 0.484 e. The lowest BCUT2D eigenvalue weighted by Gasteiger charge is -2.17. The number of aromatic nitrogens is 4. The van der Waals surface area contributed by atoms with Crippen molar-refractivity contribution in [2.75, 3.05) is 19.8 Å². The highest BCUT2D eigenvalue weighted by Crippen LogP contribution is 2.26. The molecule has 132 valence electrons. The van der Waals surface area contributed by atoms with Gasteiger partial charge in [0.1, 0.15) is 30.4 Å². The number of nitrogens with one attached hydrogen (secondary N) is 1. The second-order valence-corrected chi connectivity index (χ2v) is 5.87. The van der Waals surface area contributed by atoms with Crippen LogP contribution in [0.4, 0.5) is 0 Å². The van der Waals surface area contributed by atoms with Crippen molar-refractivity contribution < 1.29 is 24.1 Å². The molecule has 2 aliphatic rings. The number of aliphatic hydroxyl groups excluding tert-OH is 1. The monoisotopic (exact) mass is 347 g/mol. The van der Waals surface area contributed by atoms with Gasteiger partial charge in [0.25, 0.3) is 5.91 Å². The zero-order valence-corrected chi connectivity index (χ0v) is 13.2. The topological polar surface area (TPSA) is 121 Å². The first-order chi connectivity index (χ1) is 12.2. The van der Waals surface area contributed by atoms with Crippen molar-refractivity contribution in [1.29, 1.82) is 0 Å². The van der Waals surface area contributed by atoms with Gasteiger partial charge >= 0.3 is 0 Å². The predicted molar refractivity (Wildman–Crippen MR) is 82.1 cm³/mol. The number of hydrogen-bond acceptors (Lipinski definition) is 8. The van der Waals surface area contributed by atoms with Crippen molar-refractivity contribution in [2.24, 2.45) is 0 Å². The van der Waals surface area contributed by atoms with Crippen LogP contribution in [0.3, 0.4) is 0 Å². The molecule has 0 aliphatic carbocycles. The number of benzene rings is 1. The number of fused-ring (bicyclic) bond motifs is 1. The van der Waals surface area contributed by atoms with Crippen molar-refractivity contribution in [3.8, 4) is 11.4 Å². The Hall–Kier alpha value is -2.56. The first-order valence-corrected chi connectivity index (χ1v) is 7.87. The van der Waals surface area contributed by atoms with E-state index in [2.05, 4.69) is 20.8 Å². The molecule has 4 rings (SSSR count). The van der Waals surface area contributed by atoms with Crippen LogP contribution < -0.4 is 10.1 Å². The Kier molecular flexibility index (Phi) is 4.30. The molecule has 4 atom stereocenters. The highest BCUT2D eigenvalue weighted by atomic mass is 16.6. The highest BCUT2D eigenvalue weighted by Gasteiger charge is 2.47. The second-order valence-electron chi connectivity index (χ2n) is 5.87. The summed E-state index contributed by atoms with van der Waals surface area (Å²) in [6, 6.07) is 6.75. The molecule has 0 unspecified atom stereocenters. The van der Waals surface area contributed by atoms with Crippen LogP contribution >= 0.6 is 0 Å². The van der Waals surface area contributed by atoms with Gasteiger partial charge in [-0.05, 0) is 34.7 Å². The molecule has 0 radical (unpaired) electrons. The summed E-state index contributed by atoms with van der Waals surface area (Å²) in [6.45, 7) is 0.422. The Bertz CT molecular complexity index is 722. The number of ether oxygens (including phenoxy) is 3. The fourth-order valence-corrected chi connectivity index (χ4v) is 2.97. The first kappa shape index (κ1) is 15.9. The molecule has 2 saturated heterocycles. The Morgan fingerprint density at radius 3 is 2.84 bits per heavy atom. The van der Waals surface area contributed by atoms with Crippen molar-refractivity contribution in [3.05, 3.63) is 30.6 Å². The lowest BCUT2D eigenvalue weighted by molar-refractivity contribution is -0.124. The van der Waals surface area contributed by atoms with E-state index in [-0.39, 0.29) is 37.4 Å². The summed E-state index contributed by atoms with van der Waals surface area (Å²) >= 11 is 0. The average molecular weight is 347 g/mol. The second kappa shape index (κ2) is 6.75. The smallest absolute Gasteiger partial charge is 0.258 e. The van der Waals surface area contributed by atoms with Gasteiger partial charge in [-0.1, -0.05) is 0 Å². The van der Waals surface area contributed by atoms with Crippen LogP contribution in [0, 0.1) is 0 Å². The maximum absolute atomic E-state index is 12.1. The van der Waals surface area contributed by atoms with Crippen molar-refractivity contribution >= 4 is 5.91 Å². The first-order valence-electron chi connectivity index (χ1n) is 7.87. The molecule has 2 aromatic rings. The van der Waals surface area contributed by atoms with E-state index in [4.69, 9.17) is 14.2 Å². The molecule has 10 nitrogen and oxygen atoms in total. The number of nitrogens with zero attached hydrogens (tertiary/aromatic N) is 4. The van der Waals surface area contributed by atoms with E-state index in [1.807, 2.05) is 0 Å². The quantitative estimate of drug-likeness (QED) is 0.684.